The Kier molecular flexibility index (Phi) is 10.0. The summed E-state index contributed by atoms with van der Waals surface area (Å²) in [5, 5.41) is 0. The van der Waals surface area contributed by atoms with Gasteiger partial charge in [0.15, 0.2) is 0 Å². The zero-order valence-corrected chi connectivity index (χ0v) is 17.6. The van der Waals surface area contributed by atoms with Crippen molar-refractivity contribution in [1.82, 2.24) is 0 Å². The maximum absolute atomic E-state index is 5.91. The van der Waals surface area contributed by atoms with Crippen LogP contribution in [0.2, 0.25) is 0 Å². The fourth-order valence-corrected chi connectivity index (χ4v) is 3.86. The third-order valence-corrected chi connectivity index (χ3v) is 5.64. The topological polar surface area (TPSA) is 26.0 Å². The summed E-state index contributed by atoms with van der Waals surface area (Å²) in [7, 11) is 0. The zero-order chi connectivity index (χ0) is 19.3. The van der Waals surface area contributed by atoms with E-state index >= 15 is 0 Å². The van der Waals surface area contributed by atoms with Gasteiger partial charge in [0, 0.05) is 11.6 Å². The molecule has 1 nitrogen and oxygen atoms in total. The summed E-state index contributed by atoms with van der Waals surface area (Å²) >= 11 is 0. The van der Waals surface area contributed by atoms with Crippen molar-refractivity contribution >= 4 is 5.69 Å². The van der Waals surface area contributed by atoms with Gasteiger partial charge in [0.1, 0.15) is 0 Å². The van der Waals surface area contributed by atoms with Crippen LogP contribution in [0.1, 0.15) is 101 Å². The molecule has 0 spiro atoms. The van der Waals surface area contributed by atoms with Crippen molar-refractivity contribution in [2.24, 2.45) is 0 Å². The quantitative estimate of drug-likeness (QED) is 0.283. The van der Waals surface area contributed by atoms with Gasteiger partial charge in [0.05, 0.1) is 0 Å². The molecule has 2 aromatic carbocycles. The molecule has 27 heavy (non-hydrogen) atoms. The minimum absolute atomic E-state index is 0.487. The first-order valence-corrected chi connectivity index (χ1v) is 11.2. The molecule has 2 rings (SSSR count). The van der Waals surface area contributed by atoms with E-state index in [9.17, 15) is 0 Å². The second-order valence-electron chi connectivity index (χ2n) is 7.97. The van der Waals surface area contributed by atoms with E-state index in [-0.39, 0.29) is 0 Å². The van der Waals surface area contributed by atoms with Crippen molar-refractivity contribution in [3.63, 3.8) is 0 Å². The summed E-state index contributed by atoms with van der Waals surface area (Å²) in [4.78, 5) is 0. The van der Waals surface area contributed by atoms with E-state index in [1.165, 1.54) is 87.3 Å². The van der Waals surface area contributed by atoms with Gasteiger partial charge in [-0.15, -0.1) is 0 Å². The number of anilines is 1. The van der Waals surface area contributed by atoms with E-state index < -0.39 is 0 Å². The van der Waals surface area contributed by atoms with Crippen LogP contribution in [0.3, 0.4) is 0 Å². The lowest BCUT2D eigenvalue weighted by atomic mass is 9.86. The largest absolute Gasteiger partial charge is 0.399 e. The minimum Gasteiger partial charge on any atom is -0.399 e. The number of rotatable bonds is 13. The molecule has 0 aliphatic rings. The third-order valence-electron chi connectivity index (χ3n) is 5.64. The van der Waals surface area contributed by atoms with E-state index in [1.54, 1.807) is 0 Å². The van der Waals surface area contributed by atoms with Crippen molar-refractivity contribution in [3.05, 3.63) is 65.2 Å². The van der Waals surface area contributed by atoms with Gasteiger partial charge in [-0.25, -0.2) is 0 Å². The van der Waals surface area contributed by atoms with Gasteiger partial charge in [0.25, 0.3) is 0 Å². The fourth-order valence-electron chi connectivity index (χ4n) is 3.86. The Balaban J connectivity index is 1.98. The van der Waals surface area contributed by atoms with E-state index in [2.05, 4.69) is 50.2 Å². The summed E-state index contributed by atoms with van der Waals surface area (Å²) in [5.74, 6) is 0.487. The van der Waals surface area contributed by atoms with Crippen LogP contribution in [0.4, 0.5) is 5.69 Å². The number of nitrogen functional groups attached to an aromatic ring is 1. The van der Waals surface area contributed by atoms with Crippen LogP contribution in [0.15, 0.2) is 48.5 Å². The van der Waals surface area contributed by atoms with Gasteiger partial charge in [0.2, 0.25) is 0 Å². The van der Waals surface area contributed by atoms with E-state index in [4.69, 9.17) is 5.73 Å². The van der Waals surface area contributed by atoms with Gasteiger partial charge in [-0.1, -0.05) is 102 Å². The second-order valence-corrected chi connectivity index (χ2v) is 7.97. The lowest BCUT2D eigenvalue weighted by molar-refractivity contribution is 0.558. The van der Waals surface area contributed by atoms with Crippen molar-refractivity contribution in [2.75, 3.05) is 5.73 Å². The highest BCUT2D eigenvalue weighted by Gasteiger charge is 2.14. The van der Waals surface area contributed by atoms with Crippen molar-refractivity contribution in [3.8, 4) is 0 Å². The molecule has 1 unspecified atom stereocenters. The van der Waals surface area contributed by atoms with Crippen LogP contribution in [0.5, 0.6) is 0 Å². The molecule has 0 saturated carbocycles. The molecule has 0 amide bonds. The Labute approximate surface area is 167 Å². The molecule has 1 heteroatoms. The van der Waals surface area contributed by atoms with Crippen LogP contribution in [-0.4, -0.2) is 0 Å². The molecular weight excluding hydrogens is 326 g/mol. The molecule has 2 aromatic rings. The number of unbranched alkanes of at least 4 members (excludes halogenated alkanes) is 7. The van der Waals surface area contributed by atoms with E-state index in [0.717, 1.165) is 5.69 Å². The van der Waals surface area contributed by atoms with Gasteiger partial charge in [-0.05, 0) is 48.1 Å². The highest BCUT2D eigenvalue weighted by Crippen LogP contribution is 2.31. The van der Waals surface area contributed by atoms with Gasteiger partial charge in [-0.2, -0.15) is 0 Å². The lowest BCUT2D eigenvalue weighted by Crippen LogP contribution is -2.02. The number of benzene rings is 2. The Morgan fingerprint density at radius 1 is 0.630 bits per heavy atom. The summed E-state index contributed by atoms with van der Waals surface area (Å²) in [6.07, 6.45) is 14.5. The Morgan fingerprint density at radius 2 is 1.15 bits per heavy atom. The average Bonchev–Trinajstić information content (AvgIpc) is 2.70. The monoisotopic (exact) mass is 365 g/mol. The van der Waals surface area contributed by atoms with Crippen LogP contribution >= 0.6 is 0 Å². The number of nitrogens with two attached hydrogens (primary N) is 1. The highest BCUT2D eigenvalue weighted by atomic mass is 14.5. The maximum atomic E-state index is 5.91. The van der Waals surface area contributed by atoms with Crippen molar-refractivity contribution in [1.29, 1.82) is 0 Å². The van der Waals surface area contributed by atoms with Crippen molar-refractivity contribution < 1.29 is 0 Å². The summed E-state index contributed by atoms with van der Waals surface area (Å²) in [6.45, 7) is 4.54. The predicted molar refractivity (Wildman–Crippen MR) is 120 cm³/mol. The molecule has 0 bridgehead atoms. The molecular formula is C26H39N. The number of hydrogen-bond acceptors (Lipinski definition) is 1. The SMILES string of the molecule is CCCCCCCCCC(c1ccc(N)cc1)c1ccc(CCCC)cc1. The average molecular weight is 366 g/mol. The van der Waals surface area contributed by atoms with E-state index in [1.807, 2.05) is 12.1 Å². The maximum Gasteiger partial charge on any atom is 0.0314 e. The molecule has 0 saturated heterocycles. The molecule has 0 heterocycles. The first-order valence-electron chi connectivity index (χ1n) is 11.2. The zero-order valence-electron chi connectivity index (χ0n) is 17.6. The molecule has 0 aliphatic heterocycles. The molecule has 0 fully saturated rings. The Bertz CT molecular complexity index is 612. The normalized spacial score (nSPS) is 12.2. The summed E-state index contributed by atoms with van der Waals surface area (Å²) < 4.78 is 0. The standard InChI is InChI=1S/C26H39N/c1-3-5-7-8-9-10-11-13-26(24-18-20-25(27)21-19-24)23-16-14-22(15-17-23)12-6-4-2/h14-21,26H,3-13,27H2,1-2H3. The van der Waals surface area contributed by atoms with Gasteiger partial charge in [-0.3, -0.25) is 0 Å². The lowest BCUT2D eigenvalue weighted by Gasteiger charge is -2.19. The minimum atomic E-state index is 0.487. The number of hydrogen-bond donors (Lipinski definition) is 1. The predicted octanol–water partition coefficient (Wildman–Crippen LogP) is 7.88. The van der Waals surface area contributed by atoms with Crippen LogP contribution in [0, 0.1) is 0 Å². The smallest absolute Gasteiger partial charge is 0.0314 e. The molecule has 2 N–H and O–H groups in total. The van der Waals surface area contributed by atoms with Crippen LogP contribution in [-0.2, 0) is 6.42 Å². The molecule has 0 aromatic heterocycles. The fraction of sp³-hybridized carbons (Fsp3) is 0.538. The Hall–Kier alpha value is -1.76. The molecule has 0 radical (unpaired) electrons. The second kappa shape index (κ2) is 12.6. The van der Waals surface area contributed by atoms with Gasteiger partial charge >= 0.3 is 0 Å². The molecule has 0 aliphatic carbocycles. The molecule has 148 valence electrons. The first-order chi connectivity index (χ1) is 13.2. The van der Waals surface area contributed by atoms with Gasteiger partial charge < -0.3 is 5.73 Å². The highest BCUT2D eigenvalue weighted by molar-refractivity contribution is 5.43. The Morgan fingerprint density at radius 3 is 1.74 bits per heavy atom. The van der Waals surface area contributed by atoms with E-state index in [0.29, 0.717) is 5.92 Å². The van der Waals surface area contributed by atoms with Crippen LogP contribution in [0.25, 0.3) is 0 Å². The number of aryl methyl sites for hydroxylation is 1. The van der Waals surface area contributed by atoms with Crippen LogP contribution < -0.4 is 5.73 Å². The van der Waals surface area contributed by atoms with Crippen molar-refractivity contribution in [2.45, 2.75) is 90.4 Å². The summed E-state index contributed by atoms with van der Waals surface area (Å²) in [6, 6.07) is 17.9. The summed E-state index contributed by atoms with van der Waals surface area (Å²) in [5.41, 5.74) is 11.1. The first kappa shape index (κ1) is 21.5. The third kappa shape index (κ3) is 7.79. The molecule has 1 atom stereocenters.